The first-order valence-corrected chi connectivity index (χ1v) is 7.61. The fourth-order valence-electron chi connectivity index (χ4n) is 2.46. The van der Waals surface area contributed by atoms with Crippen LogP contribution in [0.2, 0.25) is 5.28 Å². The van der Waals surface area contributed by atoms with Crippen LogP contribution in [0.1, 0.15) is 16.2 Å². The summed E-state index contributed by atoms with van der Waals surface area (Å²) in [7, 11) is 4.93. The third kappa shape index (κ3) is 2.90. The highest BCUT2D eigenvalue weighted by Gasteiger charge is 2.19. The second-order valence-electron chi connectivity index (χ2n) is 5.32. The van der Waals surface area contributed by atoms with Gasteiger partial charge in [0.1, 0.15) is 11.3 Å². The zero-order chi connectivity index (χ0) is 17.3. The molecule has 124 valence electrons. The quantitative estimate of drug-likeness (QED) is 0.725. The number of ether oxygens (including phenoxy) is 1. The van der Waals surface area contributed by atoms with Crippen LogP contribution in [-0.4, -0.2) is 44.7 Å². The molecule has 0 aliphatic rings. The molecule has 7 nitrogen and oxygen atoms in total. The lowest BCUT2D eigenvalue weighted by molar-refractivity contribution is 0.0773. The number of aryl methyl sites for hydroxylation is 1. The molecular weight excluding hydrogens is 330 g/mol. The van der Waals surface area contributed by atoms with Gasteiger partial charge in [-0.2, -0.15) is 4.98 Å². The Kier molecular flexibility index (Phi) is 4.35. The van der Waals surface area contributed by atoms with Gasteiger partial charge in [-0.1, -0.05) is 12.1 Å². The number of pyridine rings is 1. The molecule has 0 fully saturated rings. The molecule has 3 rings (SSSR count). The molecule has 0 atom stereocenters. The average Bonchev–Trinajstić information content (AvgIpc) is 2.93. The number of hydrogen-bond donors (Lipinski definition) is 0. The summed E-state index contributed by atoms with van der Waals surface area (Å²) in [5, 5.41) is 5.12. The van der Waals surface area contributed by atoms with Crippen molar-refractivity contribution in [3.63, 3.8) is 0 Å². The Bertz CT molecular complexity index is 889. The number of carbonyl (C=O) groups is 1. The van der Waals surface area contributed by atoms with E-state index in [1.54, 1.807) is 32.3 Å². The van der Waals surface area contributed by atoms with E-state index in [0.717, 1.165) is 16.5 Å². The topological polar surface area (TPSA) is 73.1 Å². The van der Waals surface area contributed by atoms with Gasteiger partial charge in [0, 0.05) is 32.2 Å². The highest BCUT2D eigenvalue weighted by atomic mass is 35.5. The molecule has 0 aliphatic heterocycles. The van der Waals surface area contributed by atoms with Crippen molar-refractivity contribution in [2.45, 2.75) is 6.54 Å². The van der Waals surface area contributed by atoms with Crippen LogP contribution in [0, 0.1) is 0 Å². The maximum absolute atomic E-state index is 12.5. The van der Waals surface area contributed by atoms with Crippen molar-refractivity contribution in [1.29, 1.82) is 0 Å². The van der Waals surface area contributed by atoms with E-state index in [4.69, 9.17) is 16.3 Å². The van der Waals surface area contributed by atoms with Crippen LogP contribution in [-0.2, 0) is 13.6 Å². The van der Waals surface area contributed by atoms with E-state index in [0.29, 0.717) is 12.3 Å². The lowest BCUT2D eigenvalue weighted by Crippen LogP contribution is -2.27. The van der Waals surface area contributed by atoms with Crippen molar-refractivity contribution >= 4 is 28.4 Å². The minimum absolute atomic E-state index is 0.0703. The predicted molar refractivity (Wildman–Crippen MR) is 90.1 cm³/mol. The van der Waals surface area contributed by atoms with E-state index in [1.807, 2.05) is 24.3 Å². The summed E-state index contributed by atoms with van der Waals surface area (Å²) >= 11 is 5.85. The fourth-order valence-corrected chi connectivity index (χ4v) is 2.58. The SMILES string of the molecule is COc1ccc(CN(C)C(=O)c2nc(Cl)n(C)n2)c2cccnc12. The molecule has 2 heterocycles. The Morgan fingerprint density at radius 3 is 2.83 bits per heavy atom. The molecule has 8 heteroatoms. The number of methoxy groups -OCH3 is 1. The second kappa shape index (κ2) is 6.45. The van der Waals surface area contributed by atoms with Crippen molar-refractivity contribution in [3.05, 3.63) is 47.1 Å². The number of fused-ring (bicyclic) bond motifs is 1. The third-order valence-electron chi connectivity index (χ3n) is 3.70. The highest BCUT2D eigenvalue weighted by molar-refractivity contribution is 6.28. The molecule has 2 aromatic heterocycles. The van der Waals surface area contributed by atoms with Crippen molar-refractivity contribution in [2.24, 2.45) is 7.05 Å². The Hall–Kier alpha value is -2.67. The number of nitrogens with zero attached hydrogens (tertiary/aromatic N) is 5. The molecule has 0 N–H and O–H groups in total. The molecule has 1 amide bonds. The molecule has 0 bridgehead atoms. The Balaban J connectivity index is 1.90. The van der Waals surface area contributed by atoms with Crippen LogP contribution in [0.3, 0.4) is 0 Å². The number of carbonyl (C=O) groups excluding carboxylic acids is 1. The number of amides is 1. The van der Waals surface area contributed by atoms with E-state index in [9.17, 15) is 4.79 Å². The summed E-state index contributed by atoms with van der Waals surface area (Å²) in [4.78, 5) is 22.3. The number of aromatic nitrogens is 4. The first-order valence-electron chi connectivity index (χ1n) is 7.24. The van der Waals surface area contributed by atoms with Gasteiger partial charge < -0.3 is 9.64 Å². The van der Waals surface area contributed by atoms with Crippen molar-refractivity contribution in [1.82, 2.24) is 24.6 Å². The van der Waals surface area contributed by atoms with Gasteiger partial charge in [0.2, 0.25) is 11.1 Å². The van der Waals surface area contributed by atoms with E-state index in [2.05, 4.69) is 15.1 Å². The normalized spacial score (nSPS) is 10.8. The van der Waals surface area contributed by atoms with Crippen molar-refractivity contribution in [3.8, 4) is 5.75 Å². The van der Waals surface area contributed by atoms with Gasteiger partial charge >= 0.3 is 0 Å². The molecule has 0 radical (unpaired) electrons. The lowest BCUT2D eigenvalue weighted by atomic mass is 10.1. The van der Waals surface area contributed by atoms with Crippen LogP contribution < -0.4 is 4.74 Å². The molecule has 0 saturated heterocycles. The maximum atomic E-state index is 12.5. The van der Waals surface area contributed by atoms with Gasteiger partial charge in [0.15, 0.2) is 0 Å². The van der Waals surface area contributed by atoms with Crippen LogP contribution in [0.25, 0.3) is 10.9 Å². The van der Waals surface area contributed by atoms with Crippen LogP contribution in [0.5, 0.6) is 5.75 Å². The molecule has 1 aromatic carbocycles. The number of rotatable bonds is 4. The van der Waals surface area contributed by atoms with E-state index in [-0.39, 0.29) is 17.0 Å². The Labute approximate surface area is 143 Å². The van der Waals surface area contributed by atoms with Gasteiger partial charge in [-0.25, -0.2) is 4.68 Å². The Morgan fingerprint density at radius 1 is 1.38 bits per heavy atom. The standard InChI is InChI=1S/C16H16ClN5O2/c1-21(15(23)14-19-16(17)22(2)20-14)9-10-6-7-12(24-3)13-11(10)5-4-8-18-13/h4-8H,9H2,1-3H3. The van der Waals surface area contributed by atoms with Crippen molar-refractivity contribution < 1.29 is 9.53 Å². The first-order chi connectivity index (χ1) is 11.5. The molecule has 3 aromatic rings. The van der Waals surface area contributed by atoms with Crippen LogP contribution >= 0.6 is 11.6 Å². The summed E-state index contributed by atoms with van der Waals surface area (Å²) in [6.07, 6.45) is 1.71. The zero-order valence-electron chi connectivity index (χ0n) is 13.5. The van der Waals surface area contributed by atoms with Gasteiger partial charge in [-0.15, -0.1) is 5.10 Å². The van der Waals surface area contributed by atoms with Crippen molar-refractivity contribution in [2.75, 3.05) is 14.2 Å². The Morgan fingerprint density at radius 2 is 2.17 bits per heavy atom. The maximum Gasteiger partial charge on any atom is 0.293 e. The van der Waals surface area contributed by atoms with Gasteiger partial charge in [0.05, 0.1) is 7.11 Å². The molecule has 0 saturated carbocycles. The summed E-state index contributed by atoms with van der Waals surface area (Å²) in [6, 6.07) is 7.58. The van der Waals surface area contributed by atoms with E-state index in [1.165, 1.54) is 4.68 Å². The molecule has 24 heavy (non-hydrogen) atoms. The zero-order valence-corrected chi connectivity index (χ0v) is 14.3. The minimum atomic E-state index is -0.301. The van der Waals surface area contributed by atoms with E-state index >= 15 is 0 Å². The van der Waals surface area contributed by atoms with Crippen LogP contribution in [0.4, 0.5) is 0 Å². The van der Waals surface area contributed by atoms with E-state index < -0.39 is 0 Å². The molecular formula is C16H16ClN5O2. The second-order valence-corrected chi connectivity index (χ2v) is 5.65. The largest absolute Gasteiger partial charge is 0.494 e. The van der Waals surface area contributed by atoms with Gasteiger partial charge in [-0.05, 0) is 29.3 Å². The minimum Gasteiger partial charge on any atom is -0.494 e. The lowest BCUT2D eigenvalue weighted by Gasteiger charge is -2.17. The summed E-state index contributed by atoms with van der Waals surface area (Å²) < 4.78 is 6.70. The average molecular weight is 346 g/mol. The molecule has 0 unspecified atom stereocenters. The predicted octanol–water partition coefficient (Wildman–Crippen LogP) is 2.30. The number of benzene rings is 1. The van der Waals surface area contributed by atoms with Gasteiger partial charge in [0.25, 0.3) is 5.91 Å². The summed E-state index contributed by atoms with van der Waals surface area (Å²) in [5.74, 6) is 0.466. The summed E-state index contributed by atoms with van der Waals surface area (Å²) in [5.41, 5.74) is 1.72. The van der Waals surface area contributed by atoms with Gasteiger partial charge in [-0.3, -0.25) is 9.78 Å². The monoisotopic (exact) mass is 345 g/mol. The number of halogens is 1. The third-order valence-corrected chi connectivity index (χ3v) is 4.03. The molecule has 0 aliphatic carbocycles. The smallest absolute Gasteiger partial charge is 0.293 e. The fraction of sp³-hybridized carbons (Fsp3) is 0.250. The highest BCUT2D eigenvalue weighted by Crippen LogP contribution is 2.27. The first kappa shape index (κ1) is 16.2. The number of hydrogen-bond acceptors (Lipinski definition) is 5. The van der Waals surface area contributed by atoms with Crippen LogP contribution in [0.15, 0.2) is 30.5 Å². The molecule has 0 spiro atoms. The summed E-state index contributed by atoms with van der Waals surface area (Å²) in [6.45, 7) is 0.390.